The highest BCUT2D eigenvalue weighted by Crippen LogP contribution is 2.69. The molecule has 1 aliphatic heterocycles. The molecular formula is C25H34ClFO5. The standard InChI is InChI=1S/C25H34ClFO5/c1-29-10-5-8-21-22(28)14-23(32-24-9-2-3-11-30-24)25(21)15-17(25)12-19(27)16-31-20-7-4-6-18(26)13-20/h4-7,10,13,17,19,21-24,28H,2-3,8-9,11-12,14-16H2,1H3/b10-5-/t17?,19-,21+,22+,23-,24?,25?/m1/s1. The van der Waals surface area contributed by atoms with Crippen molar-refractivity contribution in [3.63, 3.8) is 0 Å². The molecule has 1 aromatic carbocycles. The maximum absolute atomic E-state index is 14.9. The third-order valence-electron chi connectivity index (χ3n) is 7.25. The van der Waals surface area contributed by atoms with E-state index in [1.807, 2.05) is 6.08 Å². The van der Waals surface area contributed by atoms with Crippen LogP contribution in [0.1, 0.15) is 44.9 Å². The minimum absolute atomic E-state index is 0.0129. The van der Waals surface area contributed by atoms with Crippen molar-refractivity contribution in [3.8, 4) is 5.75 Å². The van der Waals surface area contributed by atoms with E-state index in [0.717, 1.165) is 25.7 Å². The molecule has 1 saturated heterocycles. The third kappa shape index (κ3) is 5.41. The second-order valence-corrected chi connectivity index (χ2v) is 9.72. The van der Waals surface area contributed by atoms with Crippen molar-refractivity contribution in [3.05, 3.63) is 41.6 Å². The molecule has 1 aromatic rings. The van der Waals surface area contributed by atoms with Crippen LogP contribution in [0.4, 0.5) is 4.39 Å². The average Bonchev–Trinajstić information content (AvgIpc) is 3.43. The first-order valence-electron chi connectivity index (χ1n) is 11.7. The largest absolute Gasteiger partial charge is 0.505 e. The number of aliphatic hydroxyl groups is 1. The van der Waals surface area contributed by atoms with Gasteiger partial charge in [-0.15, -0.1) is 0 Å². The third-order valence-corrected chi connectivity index (χ3v) is 7.49. The van der Waals surface area contributed by atoms with Crippen LogP contribution < -0.4 is 4.74 Å². The molecule has 3 unspecified atom stereocenters. The number of aliphatic hydroxyl groups excluding tert-OH is 1. The van der Waals surface area contributed by atoms with Gasteiger partial charge in [-0.3, -0.25) is 0 Å². The van der Waals surface area contributed by atoms with Gasteiger partial charge in [-0.05, 0) is 74.6 Å². The smallest absolute Gasteiger partial charge is 0.157 e. The fourth-order valence-electron chi connectivity index (χ4n) is 5.70. The molecule has 7 atom stereocenters. The Hall–Kier alpha value is -1.34. The Kier molecular flexibility index (Phi) is 7.98. The lowest BCUT2D eigenvalue weighted by molar-refractivity contribution is -0.200. The number of hydrogen-bond donors (Lipinski definition) is 1. The van der Waals surface area contributed by atoms with Gasteiger partial charge in [0.15, 0.2) is 6.29 Å². The first kappa shape index (κ1) is 23.8. The molecule has 0 aromatic heterocycles. The topological polar surface area (TPSA) is 57.2 Å². The van der Waals surface area contributed by atoms with E-state index in [1.54, 1.807) is 37.6 Å². The highest BCUT2D eigenvalue weighted by Gasteiger charge is 2.68. The maximum Gasteiger partial charge on any atom is 0.157 e. The summed E-state index contributed by atoms with van der Waals surface area (Å²) in [4.78, 5) is 0. The van der Waals surface area contributed by atoms with Crippen LogP contribution in [0.25, 0.3) is 0 Å². The fraction of sp³-hybridized carbons (Fsp3) is 0.680. The van der Waals surface area contributed by atoms with E-state index in [9.17, 15) is 9.50 Å². The Morgan fingerprint density at radius 3 is 3.00 bits per heavy atom. The van der Waals surface area contributed by atoms with E-state index < -0.39 is 12.3 Å². The van der Waals surface area contributed by atoms with Crippen LogP contribution in [0.3, 0.4) is 0 Å². The van der Waals surface area contributed by atoms with Gasteiger partial charge in [-0.1, -0.05) is 17.7 Å². The molecule has 7 heteroatoms. The van der Waals surface area contributed by atoms with Gasteiger partial charge in [-0.25, -0.2) is 4.39 Å². The Morgan fingerprint density at radius 2 is 2.25 bits per heavy atom. The van der Waals surface area contributed by atoms with E-state index in [0.29, 0.717) is 36.6 Å². The zero-order chi connectivity index (χ0) is 22.6. The second-order valence-electron chi connectivity index (χ2n) is 9.29. The van der Waals surface area contributed by atoms with Gasteiger partial charge in [0.05, 0.1) is 25.6 Å². The first-order valence-corrected chi connectivity index (χ1v) is 12.1. The summed E-state index contributed by atoms with van der Waals surface area (Å²) in [5, 5.41) is 11.4. The normalized spacial score (nSPS) is 35.3. The predicted octanol–water partition coefficient (Wildman–Crippen LogP) is 5.30. The quantitative estimate of drug-likeness (QED) is 0.472. The monoisotopic (exact) mass is 468 g/mol. The number of methoxy groups -OCH3 is 1. The van der Waals surface area contributed by atoms with Gasteiger partial charge in [0, 0.05) is 23.5 Å². The maximum atomic E-state index is 14.9. The lowest BCUT2D eigenvalue weighted by Gasteiger charge is -2.31. The van der Waals surface area contributed by atoms with Crippen LogP contribution in [0.15, 0.2) is 36.6 Å². The lowest BCUT2D eigenvalue weighted by Crippen LogP contribution is -2.34. The van der Waals surface area contributed by atoms with Crippen LogP contribution in [0.2, 0.25) is 5.02 Å². The van der Waals surface area contributed by atoms with Gasteiger partial charge in [0.25, 0.3) is 0 Å². The predicted molar refractivity (Wildman–Crippen MR) is 120 cm³/mol. The molecule has 0 bridgehead atoms. The van der Waals surface area contributed by atoms with E-state index in [2.05, 4.69) is 0 Å². The van der Waals surface area contributed by atoms with Crippen LogP contribution in [0.5, 0.6) is 5.75 Å². The van der Waals surface area contributed by atoms with Crippen molar-refractivity contribution < 1.29 is 28.4 Å². The Morgan fingerprint density at radius 1 is 1.38 bits per heavy atom. The molecule has 1 N–H and O–H groups in total. The summed E-state index contributed by atoms with van der Waals surface area (Å²) in [6, 6.07) is 7.01. The summed E-state index contributed by atoms with van der Waals surface area (Å²) >= 11 is 5.98. The Balaban J connectivity index is 1.39. The van der Waals surface area contributed by atoms with Crippen molar-refractivity contribution in [2.45, 2.75) is 69.6 Å². The number of alkyl halides is 1. The molecule has 178 valence electrons. The highest BCUT2D eigenvalue weighted by atomic mass is 35.5. The number of hydrogen-bond acceptors (Lipinski definition) is 5. The SMILES string of the molecule is CO/C=C\C[C@H]1[C@@H](O)C[C@@H](OC2CCCCO2)C12CC2C[C@@H](F)COc1cccc(Cl)c1. The van der Waals surface area contributed by atoms with Crippen molar-refractivity contribution in [1.29, 1.82) is 0 Å². The summed E-state index contributed by atoms with van der Waals surface area (Å²) in [6.45, 7) is 0.699. The molecule has 1 heterocycles. The number of halogens is 2. The van der Waals surface area contributed by atoms with E-state index >= 15 is 0 Å². The molecule has 32 heavy (non-hydrogen) atoms. The Bertz CT molecular complexity index is 770. The van der Waals surface area contributed by atoms with Crippen LogP contribution >= 0.6 is 11.6 Å². The lowest BCUT2D eigenvalue weighted by atomic mass is 9.84. The van der Waals surface area contributed by atoms with Gasteiger partial charge in [0.1, 0.15) is 18.5 Å². The van der Waals surface area contributed by atoms with Crippen molar-refractivity contribution >= 4 is 11.6 Å². The molecule has 2 saturated carbocycles. The molecule has 1 spiro atoms. The zero-order valence-electron chi connectivity index (χ0n) is 18.6. The summed E-state index contributed by atoms with van der Waals surface area (Å²) < 4.78 is 37.8. The molecule has 2 aliphatic carbocycles. The Labute approximate surface area is 194 Å². The van der Waals surface area contributed by atoms with E-state index in [1.165, 1.54) is 0 Å². The minimum Gasteiger partial charge on any atom is -0.505 e. The first-order chi connectivity index (χ1) is 15.5. The number of allylic oxidation sites excluding steroid dienone is 1. The van der Waals surface area contributed by atoms with Gasteiger partial charge in [0.2, 0.25) is 0 Å². The van der Waals surface area contributed by atoms with E-state index in [4.69, 9.17) is 30.5 Å². The van der Waals surface area contributed by atoms with Gasteiger partial charge < -0.3 is 24.1 Å². The van der Waals surface area contributed by atoms with Crippen molar-refractivity contribution in [2.24, 2.45) is 17.3 Å². The van der Waals surface area contributed by atoms with Gasteiger partial charge >= 0.3 is 0 Å². The summed E-state index contributed by atoms with van der Waals surface area (Å²) in [6.07, 6.45) is 7.19. The summed E-state index contributed by atoms with van der Waals surface area (Å²) in [5.41, 5.74) is -0.224. The fourth-order valence-corrected chi connectivity index (χ4v) is 5.88. The molecule has 4 rings (SSSR count). The van der Waals surface area contributed by atoms with Crippen molar-refractivity contribution in [1.82, 2.24) is 0 Å². The number of benzene rings is 1. The van der Waals surface area contributed by atoms with Crippen LogP contribution in [-0.4, -0.2) is 50.1 Å². The summed E-state index contributed by atoms with van der Waals surface area (Å²) in [7, 11) is 1.61. The number of rotatable bonds is 10. The van der Waals surface area contributed by atoms with Gasteiger partial charge in [-0.2, -0.15) is 0 Å². The molecular weight excluding hydrogens is 435 g/mol. The van der Waals surface area contributed by atoms with Crippen molar-refractivity contribution in [2.75, 3.05) is 20.3 Å². The minimum atomic E-state index is -1.10. The molecule has 5 nitrogen and oxygen atoms in total. The van der Waals surface area contributed by atoms with Crippen LogP contribution in [0, 0.1) is 17.3 Å². The van der Waals surface area contributed by atoms with E-state index in [-0.39, 0.29) is 36.3 Å². The average molecular weight is 469 g/mol. The zero-order valence-corrected chi connectivity index (χ0v) is 19.4. The summed E-state index contributed by atoms with van der Waals surface area (Å²) in [5.74, 6) is 0.737. The van der Waals surface area contributed by atoms with Crippen LogP contribution in [-0.2, 0) is 14.2 Å². The highest BCUT2D eigenvalue weighted by molar-refractivity contribution is 6.30. The molecule has 0 radical (unpaired) electrons. The molecule has 3 fully saturated rings. The molecule has 3 aliphatic rings. The second kappa shape index (κ2) is 10.7. The number of ether oxygens (including phenoxy) is 4. The molecule has 0 amide bonds.